The number of oxazole rings is 1. The topological polar surface area (TPSA) is 98.7 Å². The van der Waals surface area contributed by atoms with Crippen LogP contribution in [0.25, 0.3) is 11.1 Å². The van der Waals surface area contributed by atoms with E-state index in [4.69, 9.17) is 9.15 Å². The lowest BCUT2D eigenvalue weighted by atomic mass is 9.97. The van der Waals surface area contributed by atoms with E-state index in [1.165, 1.54) is 18.2 Å². The Kier molecular flexibility index (Phi) is 4.68. The molecule has 0 spiro atoms. The van der Waals surface area contributed by atoms with Gasteiger partial charge in [0.25, 0.3) is 11.7 Å². The molecular weight excluding hydrogens is 362 g/mol. The van der Waals surface area contributed by atoms with Crippen LogP contribution in [-0.4, -0.2) is 29.0 Å². The molecule has 2 aromatic carbocycles. The highest BCUT2D eigenvalue weighted by Crippen LogP contribution is 2.28. The Hall–Kier alpha value is -3.42. The van der Waals surface area contributed by atoms with Gasteiger partial charge in [0.1, 0.15) is 11.3 Å². The summed E-state index contributed by atoms with van der Waals surface area (Å²) in [6.45, 7) is 2.91. The van der Waals surface area contributed by atoms with Gasteiger partial charge in [-0.25, -0.2) is 0 Å². The zero-order valence-corrected chi connectivity index (χ0v) is 15.3. The number of benzene rings is 2. The quantitative estimate of drug-likeness (QED) is 0.293. The number of piperidine rings is 1. The van der Waals surface area contributed by atoms with E-state index in [9.17, 15) is 14.9 Å². The van der Waals surface area contributed by atoms with Crippen LogP contribution >= 0.6 is 0 Å². The Morgan fingerprint density at radius 1 is 1.25 bits per heavy atom. The van der Waals surface area contributed by atoms with Crippen molar-refractivity contribution < 1.29 is 18.9 Å². The minimum Gasteiger partial charge on any atom is -0.426 e. The average molecular weight is 381 g/mol. The van der Waals surface area contributed by atoms with Gasteiger partial charge in [0.05, 0.1) is 10.8 Å². The Balaban J connectivity index is 1.37. The van der Waals surface area contributed by atoms with Gasteiger partial charge in [-0.05, 0) is 44.0 Å². The van der Waals surface area contributed by atoms with E-state index >= 15 is 0 Å². The van der Waals surface area contributed by atoms with Crippen molar-refractivity contribution >= 4 is 28.8 Å². The van der Waals surface area contributed by atoms with Gasteiger partial charge in [-0.1, -0.05) is 12.1 Å². The van der Waals surface area contributed by atoms with Gasteiger partial charge in [-0.15, -0.1) is 0 Å². The summed E-state index contributed by atoms with van der Waals surface area (Å²) >= 11 is 0. The molecular formula is C20H19N3O5. The van der Waals surface area contributed by atoms with E-state index in [-0.39, 0.29) is 17.6 Å². The van der Waals surface area contributed by atoms with Crippen molar-refractivity contribution in [1.29, 1.82) is 0 Å². The van der Waals surface area contributed by atoms with Crippen LogP contribution in [0, 0.1) is 23.0 Å². The average Bonchev–Trinajstić information content (AvgIpc) is 3.12. The zero-order valence-electron chi connectivity index (χ0n) is 15.3. The first-order valence-corrected chi connectivity index (χ1v) is 9.08. The van der Waals surface area contributed by atoms with Gasteiger partial charge < -0.3 is 14.1 Å². The van der Waals surface area contributed by atoms with E-state index in [0.29, 0.717) is 43.3 Å². The predicted molar refractivity (Wildman–Crippen MR) is 102 cm³/mol. The Bertz CT molecular complexity index is 1000. The molecule has 8 heteroatoms. The van der Waals surface area contributed by atoms with Crippen LogP contribution in [0.5, 0.6) is 5.75 Å². The van der Waals surface area contributed by atoms with Crippen LogP contribution in [0.1, 0.15) is 18.4 Å². The van der Waals surface area contributed by atoms with Crippen molar-refractivity contribution in [2.24, 2.45) is 5.92 Å². The fourth-order valence-electron chi connectivity index (χ4n) is 3.40. The number of para-hydroxylation sites is 2. The first-order chi connectivity index (χ1) is 13.5. The number of nitrogens with zero attached hydrogens (tertiary/aromatic N) is 3. The van der Waals surface area contributed by atoms with Gasteiger partial charge >= 0.3 is 5.97 Å². The van der Waals surface area contributed by atoms with Crippen LogP contribution in [-0.2, 0) is 4.79 Å². The van der Waals surface area contributed by atoms with E-state index in [2.05, 4.69) is 4.98 Å². The third kappa shape index (κ3) is 3.53. The zero-order chi connectivity index (χ0) is 19.7. The molecule has 1 fully saturated rings. The number of nitro benzene ring substituents is 1. The molecule has 1 aliphatic heterocycles. The number of nitro groups is 1. The largest absolute Gasteiger partial charge is 0.426 e. The highest BCUT2D eigenvalue weighted by atomic mass is 16.6. The summed E-state index contributed by atoms with van der Waals surface area (Å²) in [6.07, 6.45) is 1.26. The summed E-state index contributed by atoms with van der Waals surface area (Å²) in [5.74, 6) is -0.212. The lowest BCUT2D eigenvalue weighted by Crippen LogP contribution is -2.37. The van der Waals surface area contributed by atoms with Crippen molar-refractivity contribution in [1.82, 2.24) is 4.98 Å². The molecule has 0 radical (unpaired) electrons. The van der Waals surface area contributed by atoms with Crippen molar-refractivity contribution in [3.63, 3.8) is 0 Å². The van der Waals surface area contributed by atoms with Crippen LogP contribution < -0.4 is 9.64 Å². The van der Waals surface area contributed by atoms with Crippen molar-refractivity contribution in [3.8, 4) is 5.75 Å². The van der Waals surface area contributed by atoms with Gasteiger partial charge in [-0.2, -0.15) is 4.98 Å². The molecule has 0 amide bonds. The number of aromatic nitrogens is 1. The molecule has 0 saturated carbocycles. The second-order valence-electron chi connectivity index (χ2n) is 6.85. The molecule has 144 valence electrons. The third-order valence-electron chi connectivity index (χ3n) is 4.96. The molecule has 1 aromatic heterocycles. The second-order valence-corrected chi connectivity index (χ2v) is 6.85. The fraction of sp³-hybridized carbons (Fsp3) is 0.300. The number of hydrogen-bond donors (Lipinski definition) is 0. The lowest BCUT2D eigenvalue weighted by molar-refractivity contribution is -0.385. The second kappa shape index (κ2) is 7.30. The first-order valence-electron chi connectivity index (χ1n) is 9.08. The highest BCUT2D eigenvalue weighted by Gasteiger charge is 2.29. The van der Waals surface area contributed by atoms with Crippen molar-refractivity contribution in [2.45, 2.75) is 19.8 Å². The lowest BCUT2D eigenvalue weighted by Gasteiger charge is -2.29. The summed E-state index contributed by atoms with van der Waals surface area (Å²) in [7, 11) is 0. The molecule has 4 rings (SSSR count). The summed E-state index contributed by atoms with van der Waals surface area (Å²) in [6, 6.07) is 12.5. The van der Waals surface area contributed by atoms with Crippen LogP contribution in [0.2, 0.25) is 0 Å². The molecule has 0 N–H and O–H groups in total. The number of rotatable bonds is 4. The minimum atomic E-state index is -0.456. The molecule has 8 nitrogen and oxygen atoms in total. The molecule has 0 atom stereocenters. The summed E-state index contributed by atoms with van der Waals surface area (Å²) in [5, 5.41) is 10.9. The fourth-order valence-corrected chi connectivity index (χ4v) is 3.40. The number of hydrogen-bond acceptors (Lipinski definition) is 7. The number of esters is 1. The summed E-state index contributed by atoms with van der Waals surface area (Å²) in [5.41, 5.74) is 2.02. The summed E-state index contributed by atoms with van der Waals surface area (Å²) < 4.78 is 11.2. The number of aryl methyl sites for hydroxylation is 1. The van der Waals surface area contributed by atoms with Crippen LogP contribution in [0.3, 0.4) is 0 Å². The maximum Gasteiger partial charge on any atom is 0.314 e. The summed E-state index contributed by atoms with van der Waals surface area (Å²) in [4.78, 5) is 29.4. The smallest absolute Gasteiger partial charge is 0.314 e. The highest BCUT2D eigenvalue weighted by molar-refractivity contribution is 5.76. The van der Waals surface area contributed by atoms with Crippen LogP contribution in [0.15, 0.2) is 46.9 Å². The first kappa shape index (κ1) is 18.0. The van der Waals surface area contributed by atoms with E-state index in [1.807, 2.05) is 29.2 Å². The normalized spacial score (nSPS) is 15.0. The number of anilines is 1. The molecule has 3 aromatic rings. The van der Waals surface area contributed by atoms with E-state index in [0.717, 1.165) is 11.1 Å². The van der Waals surface area contributed by atoms with Gasteiger partial charge in [0.15, 0.2) is 5.58 Å². The van der Waals surface area contributed by atoms with Crippen molar-refractivity contribution in [2.75, 3.05) is 18.0 Å². The molecule has 1 aliphatic rings. The molecule has 1 saturated heterocycles. The Morgan fingerprint density at radius 2 is 2.00 bits per heavy atom. The molecule has 28 heavy (non-hydrogen) atoms. The van der Waals surface area contributed by atoms with Gasteiger partial charge in [0.2, 0.25) is 0 Å². The van der Waals surface area contributed by atoms with Crippen molar-refractivity contribution in [3.05, 3.63) is 58.1 Å². The molecule has 0 bridgehead atoms. The SMILES string of the molecule is Cc1cc(OC(=O)C2CCN(c3nc4ccccc4o3)CC2)ccc1[N+](=O)[O-]. The Morgan fingerprint density at radius 3 is 2.68 bits per heavy atom. The predicted octanol–water partition coefficient (Wildman–Crippen LogP) is 3.87. The maximum absolute atomic E-state index is 12.5. The monoisotopic (exact) mass is 381 g/mol. The molecule has 0 unspecified atom stereocenters. The number of carbonyl (C=O) groups is 1. The minimum absolute atomic E-state index is 0.00596. The van der Waals surface area contributed by atoms with E-state index < -0.39 is 4.92 Å². The van der Waals surface area contributed by atoms with Crippen LogP contribution in [0.4, 0.5) is 11.7 Å². The molecule has 2 heterocycles. The van der Waals surface area contributed by atoms with Gasteiger partial charge in [0, 0.05) is 24.7 Å². The number of carbonyl (C=O) groups excluding carboxylic acids is 1. The Labute approximate surface area is 160 Å². The van der Waals surface area contributed by atoms with Gasteiger partial charge in [-0.3, -0.25) is 14.9 Å². The molecule has 0 aliphatic carbocycles. The third-order valence-corrected chi connectivity index (χ3v) is 4.96. The number of ether oxygens (including phenoxy) is 1. The standard InChI is InChI=1S/C20H19N3O5/c1-13-12-15(6-7-17(13)23(25)26)27-19(24)14-8-10-22(11-9-14)20-21-16-4-2-3-5-18(16)28-20/h2-7,12,14H,8-11H2,1H3. The van der Waals surface area contributed by atoms with E-state index in [1.54, 1.807) is 6.92 Å². The number of fused-ring (bicyclic) bond motifs is 1. The maximum atomic E-state index is 12.5.